The predicted octanol–water partition coefficient (Wildman–Crippen LogP) is 2.20. The van der Waals surface area contributed by atoms with Crippen LogP contribution in [-0.4, -0.2) is 27.6 Å². The number of rotatable bonds is 5. The molecule has 0 spiro atoms. The van der Waals surface area contributed by atoms with Gasteiger partial charge in [0.25, 0.3) is 0 Å². The summed E-state index contributed by atoms with van der Waals surface area (Å²) >= 11 is 1.65. The number of carbonyl (C=O) groups excluding carboxylic acids is 1. The van der Waals surface area contributed by atoms with Crippen LogP contribution in [0.5, 0.6) is 0 Å². The molecule has 1 saturated carbocycles. The number of thiophene rings is 1. The molecular formula is C13H15N3O2S. The van der Waals surface area contributed by atoms with Gasteiger partial charge in [-0.25, -0.2) is 9.48 Å². The molecule has 19 heavy (non-hydrogen) atoms. The smallest absolute Gasteiger partial charge is 0.360 e. The fourth-order valence-electron chi connectivity index (χ4n) is 1.92. The van der Waals surface area contributed by atoms with E-state index in [9.17, 15) is 4.79 Å². The molecule has 2 aromatic heterocycles. The highest BCUT2D eigenvalue weighted by atomic mass is 32.1. The van der Waals surface area contributed by atoms with E-state index in [1.165, 1.54) is 4.88 Å². The number of aromatic nitrogens is 3. The van der Waals surface area contributed by atoms with E-state index in [1.54, 1.807) is 22.2 Å². The van der Waals surface area contributed by atoms with E-state index in [-0.39, 0.29) is 11.7 Å². The van der Waals surface area contributed by atoms with Gasteiger partial charge < -0.3 is 4.74 Å². The van der Waals surface area contributed by atoms with Crippen LogP contribution in [0.4, 0.5) is 0 Å². The molecule has 0 N–H and O–H groups in total. The number of hydrogen-bond donors (Lipinski definition) is 0. The van der Waals surface area contributed by atoms with Gasteiger partial charge in [0.2, 0.25) is 0 Å². The van der Waals surface area contributed by atoms with Crippen molar-refractivity contribution >= 4 is 17.3 Å². The van der Waals surface area contributed by atoms with Crippen LogP contribution in [-0.2, 0) is 11.3 Å². The first-order chi connectivity index (χ1) is 9.22. The monoisotopic (exact) mass is 277 g/mol. The second-order valence-corrected chi connectivity index (χ2v) is 5.98. The lowest BCUT2D eigenvalue weighted by Crippen LogP contribution is -2.08. The molecule has 5 nitrogen and oxygen atoms in total. The Morgan fingerprint density at radius 1 is 1.63 bits per heavy atom. The first-order valence-corrected chi connectivity index (χ1v) is 7.20. The number of ether oxygens (including phenoxy) is 1. The molecule has 0 amide bonds. The van der Waals surface area contributed by atoms with Gasteiger partial charge in [0, 0.05) is 4.88 Å². The highest BCUT2D eigenvalue weighted by Gasteiger charge is 2.33. The molecule has 3 rings (SSSR count). The van der Waals surface area contributed by atoms with E-state index in [0.29, 0.717) is 25.0 Å². The second-order valence-electron chi connectivity index (χ2n) is 4.95. The topological polar surface area (TPSA) is 57.0 Å². The Morgan fingerprint density at radius 2 is 2.47 bits per heavy atom. The summed E-state index contributed by atoms with van der Waals surface area (Å²) in [7, 11) is 0. The minimum Gasteiger partial charge on any atom is -0.461 e. The van der Waals surface area contributed by atoms with Gasteiger partial charge in [0.15, 0.2) is 5.69 Å². The summed E-state index contributed by atoms with van der Waals surface area (Å²) in [5, 5.41) is 9.81. The zero-order valence-electron chi connectivity index (χ0n) is 10.7. The highest BCUT2D eigenvalue weighted by molar-refractivity contribution is 7.09. The van der Waals surface area contributed by atoms with E-state index in [1.807, 2.05) is 17.5 Å². The Kier molecular flexibility index (Phi) is 3.33. The predicted molar refractivity (Wildman–Crippen MR) is 71.0 cm³/mol. The van der Waals surface area contributed by atoms with E-state index in [0.717, 1.165) is 6.42 Å². The van der Waals surface area contributed by atoms with Crippen molar-refractivity contribution in [1.82, 2.24) is 15.0 Å². The Morgan fingerprint density at radius 3 is 3.16 bits per heavy atom. The van der Waals surface area contributed by atoms with Crippen molar-refractivity contribution in [2.24, 2.45) is 11.8 Å². The number of carbonyl (C=O) groups is 1. The van der Waals surface area contributed by atoms with Gasteiger partial charge in [-0.2, -0.15) is 0 Å². The lowest BCUT2D eigenvalue weighted by Gasteiger charge is -2.00. The molecule has 1 fully saturated rings. The van der Waals surface area contributed by atoms with Crippen LogP contribution in [0.1, 0.15) is 28.7 Å². The third kappa shape index (κ3) is 3.01. The Hall–Kier alpha value is -1.69. The minimum atomic E-state index is -0.378. The molecule has 0 unspecified atom stereocenters. The summed E-state index contributed by atoms with van der Waals surface area (Å²) in [5.74, 6) is 0.837. The maximum atomic E-state index is 11.8. The Labute approximate surface area is 115 Å². The third-order valence-electron chi connectivity index (χ3n) is 3.35. The van der Waals surface area contributed by atoms with Crippen molar-refractivity contribution in [3.05, 3.63) is 34.3 Å². The fourth-order valence-corrected chi connectivity index (χ4v) is 2.62. The lowest BCUT2D eigenvalue weighted by atomic mass is 10.4. The molecule has 1 aliphatic carbocycles. The number of esters is 1. The summed E-state index contributed by atoms with van der Waals surface area (Å²) in [6, 6.07) is 4.02. The van der Waals surface area contributed by atoms with Crippen LogP contribution in [0.3, 0.4) is 0 Å². The van der Waals surface area contributed by atoms with Crippen molar-refractivity contribution in [3.63, 3.8) is 0 Å². The van der Waals surface area contributed by atoms with Gasteiger partial charge in [-0.3, -0.25) is 0 Å². The Balaban J connectivity index is 1.56. The molecular weight excluding hydrogens is 262 g/mol. The van der Waals surface area contributed by atoms with Gasteiger partial charge in [0.1, 0.15) is 0 Å². The molecule has 0 aromatic carbocycles. The van der Waals surface area contributed by atoms with Crippen LogP contribution < -0.4 is 0 Å². The molecule has 0 radical (unpaired) electrons. The average Bonchev–Trinajstić information content (AvgIpc) is 2.87. The van der Waals surface area contributed by atoms with Crippen LogP contribution in [0.25, 0.3) is 0 Å². The maximum Gasteiger partial charge on any atom is 0.360 e. The first kappa shape index (κ1) is 12.3. The van der Waals surface area contributed by atoms with E-state index < -0.39 is 0 Å². The SMILES string of the molecule is C[C@@H]1C[C@H]1COC(=O)c1cn(Cc2cccs2)nn1. The van der Waals surface area contributed by atoms with E-state index in [2.05, 4.69) is 17.2 Å². The molecule has 2 atom stereocenters. The van der Waals surface area contributed by atoms with Gasteiger partial charge in [0.05, 0.1) is 19.3 Å². The zero-order chi connectivity index (χ0) is 13.2. The first-order valence-electron chi connectivity index (χ1n) is 6.32. The number of nitrogens with zero attached hydrogens (tertiary/aromatic N) is 3. The van der Waals surface area contributed by atoms with Crippen LogP contribution in [0.15, 0.2) is 23.7 Å². The van der Waals surface area contributed by atoms with Crippen molar-refractivity contribution in [2.75, 3.05) is 6.61 Å². The molecule has 6 heteroatoms. The lowest BCUT2D eigenvalue weighted by molar-refractivity contribution is 0.0474. The van der Waals surface area contributed by atoms with Crippen molar-refractivity contribution in [1.29, 1.82) is 0 Å². The third-order valence-corrected chi connectivity index (χ3v) is 4.21. The molecule has 0 aliphatic heterocycles. The summed E-state index contributed by atoms with van der Waals surface area (Å²) in [6.07, 6.45) is 2.79. The van der Waals surface area contributed by atoms with Crippen molar-refractivity contribution in [2.45, 2.75) is 19.9 Å². The van der Waals surface area contributed by atoms with Crippen LogP contribution in [0, 0.1) is 11.8 Å². The molecule has 2 aromatic rings. The summed E-state index contributed by atoms with van der Waals surface area (Å²) < 4.78 is 6.87. The second kappa shape index (κ2) is 5.13. The van der Waals surface area contributed by atoms with Crippen molar-refractivity contribution < 1.29 is 9.53 Å². The average molecular weight is 277 g/mol. The van der Waals surface area contributed by atoms with Crippen molar-refractivity contribution in [3.8, 4) is 0 Å². The normalized spacial score (nSPS) is 21.3. The van der Waals surface area contributed by atoms with E-state index in [4.69, 9.17) is 4.74 Å². The Bertz CT molecular complexity index is 564. The molecule has 2 heterocycles. The quantitative estimate of drug-likeness (QED) is 0.786. The van der Waals surface area contributed by atoms with Crippen LogP contribution >= 0.6 is 11.3 Å². The fraction of sp³-hybridized carbons (Fsp3) is 0.462. The van der Waals surface area contributed by atoms with Gasteiger partial charge >= 0.3 is 5.97 Å². The molecule has 1 aliphatic rings. The van der Waals surface area contributed by atoms with Gasteiger partial charge in [-0.05, 0) is 29.7 Å². The standard InChI is InChI=1S/C13H15N3O2S/c1-9-5-10(9)8-18-13(17)12-7-16(15-14-12)6-11-3-2-4-19-11/h2-4,7,9-10H,5-6,8H2,1H3/t9-,10+/m1/s1. The number of hydrogen-bond acceptors (Lipinski definition) is 5. The van der Waals surface area contributed by atoms with Gasteiger partial charge in [-0.15, -0.1) is 16.4 Å². The zero-order valence-corrected chi connectivity index (χ0v) is 11.5. The molecule has 100 valence electrons. The maximum absolute atomic E-state index is 11.8. The summed E-state index contributed by atoms with van der Waals surface area (Å²) in [6.45, 7) is 3.30. The van der Waals surface area contributed by atoms with Gasteiger partial charge in [-0.1, -0.05) is 18.2 Å². The molecule has 0 saturated heterocycles. The summed E-state index contributed by atoms with van der Waals surface area (Å²) in [4.78, 5) is 12.9. The summed E-state index contributed by atoms with van der Waals surface area (Å²) in [5.41, 5.74) is 0.282. The highest BCUT2D eigenvalue weighted by Crippen LogP contribution is 2.37. The van der Waals surface area contributed by atoms with E-state index >= 15 is 0 Å². The minimum absolute atomic E-state index is 0.282. The largest absolute Gasteiger partial charge is 0.461 e. The van der Waals surface area contributed by atoms with Crippen LogP contribution in [0.2, 0.25) is 0 Å². The molecule has 0 bridgehead atoms.